The Morgan fingerprint density at radius 1 is 0.795 bits per heavy atom. The van der Waals surface area contributed by atoms with Crippen LogP contribution in [0.4, 0.5) is 11.4 Å². The van der Waals surface area contributed by atoms with Gasteiger partial charge in [-0.2, -0.15) is 4.58 Å². The normalized spacial score (nSPS) is 17.9. The smallest absolute Gasteiger partial charge is 0.209 e. The van der Waals surface area contributed by atoms with E-state index in [4.69, 9.17) is 0 Å². The number of rotatable bonds is 12. The van der Waals surface area contributed by atoms with Crippen LogP contribution in [0.5, 0.6) is 0 Å². The number of hydrogen-bond acceptors (Lipinski definition) is 2. The van der Waals surface area contributed by atoms with Crippen LogP contribution in [0.2, 0.25) is 0 Å². The van der Waals surface area contributed by atoms with Gasteiger partial charge in [0.2, 0.25) is 5.69 Å². The SMILES string of the molecule is CCCCC[N+]1=C(/C=C/C(=C/C=C2/N(CCCC)c3ccccc3C2(C)C)c2ccc(C=O)cc2)C(C)(C)c2ccccc21. The quantitative estimate of drug-likeness (QED) is 0.0914. The van der Waals surface area contributed by atoms with Crippen LogP contribution in [0, 0.1) is 0 Å². The zero-order valence-corrected chi connectivity index (χ0v) is 27.6. The molecule has 0 unspecified atom stereocenters. The third-order valence-corrected chi connectivity index (χ3v) is 9.54. The average Bonchev–Trinajstić information content (AvgIpc) is 3.38. The summed E-state index contributed by atoms with van der Waals surface area (Å²) in [6.07, 6.45) is 16.1. The minimum absolute atomic E-state index is 0.100. The van der Waals surface area contributed by atoms with Crippen LogP contribution >= 0.6 is 0 Å². The standard InChI is InChI=1S/C41H49N2O/c1-7-9-15-29-43-37-19-14-12-17-35(37)41(5,6)39(43)27-25-33(32-22-20-31(30-44)21-23-32)24-26-38-40(3,4)34-16-11-13-18-36(34)42(38)28-10-8-2/h11-14,16-27,30H,7-10,15,28-29H2,1-6H3/q+1. The highest BCUT2D eigenvalue weighted by atomic mass is 16.1. The predicted octanol–water partition coefficient (Wildman–Crippen LogP) is 10.2. The van der Waals surface area contributed by atoms with Crippen molar-refractivity contribution in [2.45, 2.75) is 84.5 Å². The summed E-state index contributed by atoms with van der Waals surface area (Å²) in [5, 5.41) is 0. The Kier molecular flexibility index (Phi) is 9.53. The molecule has 2 heterocycles. The molecule has 0 N–H and O–H groups in total. The molecule has 2 aliphatic heterocycles. The zero-order valence-electron chi connectivity index (χ0n) is 27.6. The monoisotopic (exact) mass is 585 g/mol. The minimum Gasteiger partial charge on any atom is -0.344 e. The van der Waals surface area contributed by atoms with Crippen LogP contribution in [0.25, 0.3) is 5.57 Å². The molecule has 3 aromatic rings. The van der Waals surface area contributed by atoms with E-state index < -0.39 is 0 Å². The van der Waals surface area contributed by atoms with E-state index in [1.807, 2.05) is 12.1 Å². The molecule has 0 aliphatic carbocycles. The van der Waals surface area contributed by atoms with Gasteiger partial charge in [-0.05, 0) is 61.6 Å². The molecule has 0 bridgehead atoms. The number of unbranched alkanes of at least 4 members (excludes halogenated alkanes) is 3. The van der Waals surface area contributed by atoms with Crippen LogP contribution in [0.3, 0.4) is 0 Å². The van der Waals surface area contributed by atoms with Crippen LogP contribution < -0.4 is 4.90 Å². The van der Waals surface area contributed by atoms with E-state index in [0.717, 1.165) is 43.4 Å². The fourth-order valence-corrected chi connectivity index (χ4v) is 6.94. The lowest BCUT2D eigenvalue weighted by atomic mass is 9.81. The first kappa shape index (κ1) is 31.4. The van der Waals surface area contributed by atoms with E-state index >= 15 is 0 Å². The number of carbonyl (C=O) groups is 1. The van der Waals surface area contributed by atoms with Crippen molar-refractivity contribution >= 4 is 28.9 Å². The van der Waals surface area contributed by atoms with Gasteiger partial charge in [0.25, 0.3) is 0 Å². The van der Waals surface area contributed by atoms with Crippen molar-refractivity contribution in [3.63, 3.8) is 0 Å². The molecule has 3 aromatic carbocycles. The molecule has 3 nitrogen and oxygen atoms in total. The van der Waals surface area contributed by atoms with Crippen LogP contribution in [0.15, 0.2) is 103 Å². The maximum atomic E-state index is 11.5. The third kappa shape index (κ3) is 6.02. The lowest BCUT2D eigenvalue weighted by Gasteiger charge is -2.27. The van der Waals surface area contributed by atoms with E-state index in [-0.39, 0.29) is 10.8 Å². The fourth-order valence-electron chi connectivity index (χ4n) is 6.94. The number of carbonyl (C=O) groups excluding carboxylic acids is 1. The maximum Gasteiger partial charge on any atom is 0.209 e. The molecule has 228 valence electrons. The largest absolute Gasteiger partial charge is 0.344 e. The second-order valence-corrected chi connectivity index (χ2v) is 13.3. The van der Waals surface area contributed by atoms with Crippen molar-refractivity contribution in [2.75, 3.05) is 18.0 Å². The highest BCUT2D eigenvalue weighted by molar-refractivity contribution is 6.04. The van der Waals surface area contributed by atoms with Gasteiger partial charge in [-0.15, -0.1) is 0 Å². The number of nitrogens with zero attached hydrogens (tertiary/aromatic N) is 2. The van der Waals surface area contributed by atoms with E-state index in [1.165, 1.54) is 53.2 Å². The zero-order chi connectivity index (χ0) is 31.3. The van der Waals surface area contributed by atoms with Gasteiger partial charge in [0, 0.05) is 53.0 Å². The molecule has 0 spiro atoms. The summed E-state index contributed by atoms with van der Waals surface area (Å²) in [5.41, 5.74) is 10.8. The van der Waals surface area contributed by atoms with Gasteiger partial charge in [0.1, 0.15) is 12.8 Å². The Bertz CT molecular complexity index is 1610. The number of allylic oxidation sites excluding steroid dienone is 6. The van der Waals surface area contributed by atoms with Gasteiger partial charge < -0.3 is 4.90 Å². The minimum atomic E-state index is -0.101. The number of para-hydroxylation sites is 2. The van der Waals surface area contributed by atoms with Crippen LogP contribution in [-0.2, 0) is 10.8 Å². The van der Waals surface area contributed by atoms with Crippen LogP contribution in [-0.4, -0.2) is 29.7 Å². The number of aldehydes is 1. The van der Waals surface area contributed by atoms with Gasteiger partial charge in [-0.3, -0.25) is 4.79 Å². The molecular formula is C41H49N2O+. The average molecular weight is 586 g/mol. The van der Waals surface area contributed by atoms with Crippen molar-refractivity contribution in [1.29, 1.82) is 0 Å². The van der Waals surface area contributed by atoms with Crippen molar-refractivity contribution < 1.29 is 9.37 Å². The summed E-state index contributed by atoms with van der Waals surface area (Å²) in [7, 11) is 0. The Morgan fingerprint density at radius 2 is 1.48 bits per heavy atom. The summed E-state index contributed by atoms with van der Waals surface area (Å²) in [6, 6.07) is 25.7. The molecule has 0 atom stereocenters. The van der Waals surface area contributed by atoms with Crippen molar-refractivity contribution in [3.05, 3.63) is 125 Å². The molecule has 3 heteroatoms. The molecule has 0 radical (unpaired) electrons. The molecule has 0 saturated carbocycles. The molecular weight excluding hydrogens is 536 g/mol. The Balaban J connectivity index is 1.62. The summed E-state index contributed by atoms with van der Waals surface area (Å²) in [6.45, 7) is 15.9. The molecule has 44 heavy (non-hydrogen) atoms. The molecule has 0 fully saturated rings. The van der Waals surface area contributed by atoms with Crippen molar-refractivity contribution in [2.24, 2.45) is 0 Å². The Labute approximate surface area is 265 Å². The first-order valence-corrected chi connectivity index (χ1v) is 16.5. The van der Waals surface area contributed by atoms with E-state index in [1.54, 1.807) is 0 Å². The van der Waals surface area contributed by atoms with Gasteiger partial charge in [-0.1, -0.05) is 107 Å². The third-order valence-electron chi connectivity index (χ3n) is 9.54. The fraction of sp³-hybridized carbons (Fsp3) is 0.366. The highest BCUT2D eigenvalue weighted by Crippen LogP contribution is 2.48. The molecule has 0 amide bonds. The van der Waals surface area contributed by atoms with Gasteiger partial charge in [0.15, 0.2) is 5.71 Å². The lowest BCUT2D eigenvalue weighted by molar-refractivity contribution is -0.438. The number of fused-ring (bicyclic) bond motifs is 2. The van der Waals surface area contributed by atoms with E-state index in [0.29, 0.717) is 5.56 Å². The molecule has 0 saturated heterocycles. The van der Waals surface area contributed by atoms with Gasteiger partial charge >= 0.3 is 0 Å². The summed E-state index contributed by atoms with van der Waals surface area (Å²) < 4.78 is 2.54. The van der Waals surface area contributed by atoms with Crippen molar-refractivity contribution in [3.8, 4) is 0 Å². The van der Waals surface area contributed by atoms with Crippen LogP contribution in [0.1, 0.15) is 101 Å². The number of benzene rings is 3. The number of hydrogen-bond donors (Lipinski definition) is 0. The Hall–Kier alpha value is -3.98. The van der Waals surface area contributed by atoms with E-state index in [9.17, 15) is 4.79 Å². The maximum absolute atomic E-state index is 11.5. The highest BCUT2D eigenvalue weighted by Gasteiger charge is 2.44. The first-order chi connectivity index (χ1) is 21.2. The predicted molar refractivity (Wildman–Crippen MR) is 188 cm³/mol. The molecule has 2 aliphatic rings. The van der Waals surface area contributed by atoms with Gasteiger partial charge in [0.05, 0.1) is 5.41 Å². The summed E-state index contributed by atoms with van der Waals surface area (Å²) >= 11 is 0. The van der Waals surface area contributed by atoms with Gasteiger partial charge in [-0.25, -0.2) is 0 Å². The Morgan fingerprint density at radius 3 is 2.18 bits per heavy atom. The van der Waals surface area contributed by atoms with Crippen molar-refractivity contribution in [1.82, 2.24) is 0 Å². The summed E-state index contributed by atoms with van der Waals surface area (Å²) in [4.78, 5) is 14.0. The lowest BCUT2D eigenvalue weighted by Crippen LogP contribution is -2.28. The topological polar surface area (TPSA) is 23.3 Å². The second kappa shape index (κ2) is 13.3. The number of anilines is 1. The van der Waals surface area contributed by atoms with E-state index in [2.05, 4.69) is 136 Å². The summed E-state index contributed by atoms with van der Waals surface area (Å²) in [5.74, 6) is 0. The molecule has 5 rings (SSSR count). The first-order valence-electron chi connectivity index (χ1n) is 16.5. The molecule has 0 aromatic heterocycles. The second-order valence-electron chi connectivity index (χ2n) is 13.3.